The smallest absolute Gasteiger partial charge is 0.352 e. The van der Waals surface area contributed by atoms with Crippen molar-refractivity contribution in [2.24, 2.45) is 0 Å². The molecule has 1 aliphatic carbocycles. The van der Waals surface area contributed by atoms with Gasteiger partial charge in [0.1, 0.15) is 5.69 Å². The summed E-state index contributed by atoms with van der Waals surface area (Å²) in [5.74, 6) is -0.494. The summed E-state index contributed by atoms with van der Waals surface area (Å²) in [6.07, 6.45) is 3.00. The van der Waals surface area contributed by atoms with Gasteiger partial charge < -0.3 is 10.1 Å². The van der Waals surface area contributed by atoms with Gasteiger partial charge in [0.05, 0.1) is 0 Å². The van der Waals surface area contributed by atoms with E-state index in [0.717, 1.165) is 25.0 Å². The van der Waals surface area contributed by atoms with Gasteiger partial charge in [0.25, 0.3) is 0 Å². The van der Waals surface area contributed by atoms with E-state index in [1.54, 1.807) is 6.07 Å². The molecule has 0 amide bonds. The van der Waals surface area contributed by atoms with Crippen LogP contribution in [0.4, 0.5) is 0 Å². The first kappa shape index (κ1) is 14.8. The highest BCUT2D eigenvalue weighted by atomic mass is 16.4. The second kappa shape index (κ2) is 6.00. The topological polar surface area (TPSA) is 53.1 Å². The fraction of sp³-hybridized carbons (Fsp3) is 0.190. The summed E-state index contributed by atoms with van der Waals surface area (Å²) in [6.45, 7) is 0. The van der Waals surface area contributed by atoms with E-state index in [1.165, 1.54) is 22.3 Å². The number of carbonyl (C=O) groups is 1. The molecule has 0 spiro atoms. The van der Waals surface area contributed by atoms with Crippen molar-refractivity contribution in [3.05, 3.63) is 83.2 Å². The number of rotatable bonds is 4. The number of carboxylic acid groups (broad SMARTS) is 1. The summed E-state index contributed by atoms with van der Waals surface area (Å²) >= 11 is 0. The molecule has 1 aromatic heterocycles. The van der Waals surface area contributed by atoms with E-state index in [9.17, 15) is 4.79 Å². The SMILES string of the molecule is O=C(O)c1cc2c([nH]1)C(Cc1ccc(-c3ccccc3)cc1)CC2. The van der Waals surface area contributed by atoms with Crippen LogP contribution >= 0.6 is 0 Å². The molecular weight excluding hydrogens is 298 g/mol. The van der Waals surface area contributed by atoms with Gasteiger partial charge in [-0.15, -0.1) is 0 Å². The average molecular weight is 317 g/mol. The lowest BCUT2D eigenvalue weighted by Gasteiger charge is -2.11. The van der Waals surface area contributed by atoms with Gasteiger partial charge in [-0.2, -0.15) is 0 Å². The van der Waals surface area contributed by atoms with Crippen molar-refractivity contribution >= 4 is 5.97 Å². The summed E-state index contributed by atoms with van der Waals surface area (Å²) in [5.41, 5.74) is 6.32. The molecule has 0 aliphatic heterocycles. The number of benzene rings is 2. The molecule has 1 unspecified atom stereocenters. The Balaban J connectivity index is 1.52. The monoisotopic (exact) mass is 317 g/mol. The van der Waals surface area contributed by atoms with Gasteiger partial charge in [-0.25, -0.2) is 4.79 Å². The van der Waals surface area contributed by atoms with E-state index in [4.69, 9.17) is 5.11 Å². The fourth-order valence-corrected chi connectivity index (χ4v) is 3.63. The molecule has 3 aromatic rings. The normalized spacial score (nSPS) is 16.1. The zero-order chi connectivity index (χ0) is 16.5. The second-order valence-electron chi connectivity index (χ2n) is 6.43. The minimum atomic E-state index is -0.879. The Morgan fingerprint density at radius 1 is 1.04 bits per heavy atom. The van der Waals surface area contributed by atoms with Crippen LogP contribution in [0.15, 0.2) is 60.7 Å². The van der Waals surface area contributed by atoms with Crippen molar-refractivity contribution in [1.29, 1.82) is 0 Å². The molecule has 0 bridgehead atoms. The number of hydrogen-bond acceptors (Lipinski definition) is 1. The van der Waals surface area contributed by atoms with E-state index in [0.29, 0.717) is 11.6 Å². The number of fused-ring (bicyclic) bond motifs is 1. The van der Waals surface area contributed by atoms with Crippen molar-refractivity contribution in [3.63, 3.8) is 0 Å². The van der Waals surface area contributed by atoms with E-state index in [-0.39, 0.29) is 0 Å². The van der Waals surface area contributed by atoms with Crippen LogP contribution < -0.4 is 0 Å². The van der Waals surface area contributed by atoms with Gasteiger partial charge in [-0.05, 0) is 47.6 Å². The summed E-state index contributed by atoms with van der Waals surface area (Å²) in [4.78, 5) is 14.2. The predicted molar refractivity (Wildman–Crippen MR) is 94.4 cm³/mol. The molecule has 4 rings (SSSR count). The van der Waals surface area contributed by atoms with Crippen molar-refractivity contribution in [3.8, 4) is 11.1 Å². The third-order valence-electron chi connectivity index (χ3n) is 4.88. The molecule has 3 nitrogen and oxygen atoms in total. The molecule has 1 heterocycles. The summed E-state index contributed by atoms with van der Waals surface area (Å²) in [5, 5.41) is 9.13. The highest BCUT2D eigenvalue weighted by Gasteiger charge is 2.26. The van der Waals surface area contributed by atoms with Crippen LogP contribution in [0, 0.1) is 0 Å². The molecule has 0 saturated heterocycles. The van der Waals surface area contributed by atoms with Crippen LogP contribution in [0.1, 0.15) is 39.6 Å². The lowest BCUT2D eigenvalue weighted by Crippen LogP contribution is -2.02. The first-order chi connectivity index (χ1) is 11.7. The van der Waals surface area contributed by atoms with Crippen LogP contribution in [-0.4, -0.2) is 16.1 Å². The number of aromatic carboxylic acids is 1. The van der Waals surface area contributed by atoms with Gasteiger partial charge >= 0.3 is 5.97 Å². The Morgan fingerprint density at radius 2 is 1.75 bits per heavy atom. The van der Waals surface area contributed by atoms with E-state index < -0.39 is 5.97 Å². The number of nitrogens with one attached hydrogen (secondary N) is 1. The largest absolute Gasteiger partial charge is 0.477 e. The van der Waals surface area contributed by atoms with Crippen LogP contribution in [0.2, 0.25) is 0 Å². The minimum Gasteiger partial charge on any atom is -0.477 e. The van der Waals surface area contributed by atoms with Crippen LogP contribution in [0.5, 0.6) is 0 Å². The van der Waals surface area contributed by atoms with Crippen LogP contribution in [-0.2, 0) is 12.8 Å². The Hall–Kier alpha value is -2.81. The number of hydrogen-bond donors (Lipinski definition) is 2. The van der Waals surface area contributed by atoms with Crippen molar-refractivity contribution in [2.75, 3.05) is 0 Å². The Bertz CT molecular complexity index is 863. The molecule has 1 aliphatic rings. The zero-order valence-corrected chi connectivity index (χ0v) is 13.3. The minimum absolute atomic E-state index is 0.309. The number of aryl methyl sites for hydroxylation is 1. The van der Waals surface area contributed by atoms with E-state index >= 15 is 0 Å². The van der Waals surface area contributed by atoms with E-state index in [1.807, 2.05) is 6.07 Å². The highest BCUT2D eigenvalue weighted by Crippen LogP contribution is 2.35. The van der Waals surface area contributed by atoms with Crippen molar-refractivity contribution < 1.29 is 9.90 Å². The average Bonchev–Trinajstić information content (AvgIpc) is 3.19. The second-order valence-corrected chi connectivity index (χ2v) is 6.43. The number of aromatic amines is 1. The number of carboxylic acids is 1. The molecular formula is C21H19NO2. The number of aromatic nitrogens is 1. The van der Waals surface area contributed by atoms with Gasteiger partial charge in [-0.1, -0.05) is 54.6 Å². The molecule has 3 heteroatoms. The molecule has 120 valence electrons. The molecule has 0 fully saturated rings. The standard InChI is InChI=1S/C21H19NO2/c23-21(24)19-13-18-11-10-17(20(18)22-19)12-14-6-8-16(9-7-14)15-4-2-1-3-5-15/h1-9,13,17,22H,10-12H2,(H,23,24). The summed E-state index contributed by atoms with van der Waals surface area (Å²) in [6, 6.07) is 20.8. The summed E-state index contributed by atoms with van der Waals surface area (Å²) in [7, 11) is 0. The van der Waals surface area contributed by atoms with E-state index in [2.05, 4.69) is 53.5 Å². The first-order valence-corrected chi connectivity index (χ1v) is 8.30. The van der Waals surface area contributed by atoms with Crippen molar-refractivity contribution in [1.82, 2.24) is 4.98 Å². The predicted octanol–water partition coefficient (Wildman–Crippen LogP) is 4.65. The third kappa shape index (κ3) is 2.73. The molecule has 0 radical (unpaired) electrons. The third-order valence-corrected chi connectivity index (χ3v) is 4.88. The van der Waals surface area contributed by atoms with Crippen LogP contribution in [0.25, 0.3) is 11.1 Å². The molecule has 1 atom stereocenters. The molecule has 2 aromatic carbocycles. The lowest BCUT2D eigenvalue weighted by molar-refractivity contribution is 0.0691. The van der Waals surface area contributed by atoms with Crippen LogP contribution in [0.3, 0.4) is 0 Å². The maximum Gasteiger partial charge on any atom is 0.352 e. The Kier molecular flexibility index (Phi) is 3.69. The quantitative estimate of drug-likeness (QED) is 0.736. The maximum absolute atomic E-state index is 11.1. The molecule has 0 saturated carbocycles. The lowest BCUT2D eigenvalue weighted by atomic mass is 9.95. The first-order valence-electron chi connectivity index (χ1n) is 8.30. The Labute approximate surface area is 141 Å². The number of H-pyrrole nitrogens is 1. The van der Waals surface area contributed by atoms with Gasteiger partial charge in [0.15, 0.2) is 0 Å². The van der Waals surface area contributed by atoms with Gasteiger partial charge in [0, 0.05) is 11.6 Å². The highest BCUT2D eigenvalue weighted by molar-refractivity contribution is 5.86. The molecule has 2 N–H and O–H groups in total. The molecule has 24 heavy (non-hydrogen) atoms. The Morgan fingerprint density at radius 3 is 2.46 bits per heavy atom. The maximum atomic E-state index is 11.1. The zero-order valence-electron chi connectivity index (χ0n) is 13.3. The fourth-order valence-electron chi connectivity index (χ4n) is 3.63. The van der Waals surface area contributed by atoms with Crippen molar-refractivity contribution in [2.45, 2.75) is 25.2 Å². The van der Waals surface area contributed by atoms with Gasteiger partial charge in [-0.3, -0.25) is 0 Å². The summed E-state index contributed by atoms with van der Waals surface area (Å²) < 4.78 is 0. The van der Waals surface area contributed by atoms with Gasteiger partial charge in [0.2, 0.25) is 0 Å².